The molecule has 1 aliphatic carbocycles. The summed E-state index contributed by atoms with van der Waals surface area (Å²) in [6, 6.07) is 10.2. The third-order valence-corrected chi connectivity index (χ3v) is 6.70. The molecule has 12 heteroatoms. The van der Waals surface area contributed by atoms with Gasteiger partial charge in [0, 0.05) is 24.1 Å². The molecule has 0 radical (unpaired) electrons. The molecular weight excluding hydrogens is 519 g/mol. The molecule has 1 aliphatic rings. The number of hydrogen-bond donors (Lipinski definition) is 5. The van der Waals surface area contributed by atoms with E-state index >= 15 is 0 Å². The summed E-state index contributed by atoms with van der Waals surface area (Å²) in [7, 11) is 0. The molecule has 1 fully saturated rings. The lowest BCUT2D eigenvalue weighted by atomic mass is 9.85. The highest BCUT2D eigenvalue weighted by atomic mass is 35.5. The van der Waals surface area contributed by atoms with E-state index in [0.717, 1.165) is 12.8 Å². The lowest BCUT2D eigenvalue weighted by Gasteiger charge is -2.28. The summed E-state index contributed by atoms with van der Waals surface area (Å²) in [5, 5.41) is 26.7. The van der Waals surface area contributed by atoms with Crippen LogP contribution < -0.4 is 21.7 Å². The van der Waals surface area contributed by atoms with Crippen molar-refractivity contribution in [3.8, 4) is 6.19 Å². The van der Waals surface area contributed by atoms with Gasteiger partial charge in [0.2, 0.25) is 18.1 Å². The number of carboxylic acids is 1. The van der Waals surface area contributed by atoms with Crippen LogP contribution in [0.5, 0.6) is 0 Å². The number of aliphatic imine (C=N–C) groups is 1. The monoisotopic (exact) mass is 544 g/mol. The van der Waals surface area contributed by atoms with Gasteiger partial charge in [-0.1, -0.05) is 41.4 Å². The Balaban J connectivity index is 1.54. The second-order valence-electron chi connectivity index (χ2n) is 8.64. The molecular formula is C25H26Cl2N6O4. The first-order valence-electron chi connectivity index (χ1n) is 11.5. The van der Waals surface area contributed by atoms with E-state index in [0.29, 0.717) is 24.1 Å². The number of carboxylic acid groups (broad SMARTS) is 1. The molecule has 1 atom stereocenters. The second kappa shape index (κ2) is 12.9. The lowest BCUT2D eigenvalue weighted by Crippen LogP contribution is -2.43. The van der Waals surface area contributed by atoms with Crippen molar-refractivity contribution in [3.05, 3.63) is 63.6 Å². The van der Waals surface area contributed by atoms with Crippen LogP contribution in [0.1, 0.15) is 41.6 Å². The van der Waals surface area contributed by atoms with Gasteiger partial charge in [-0.2, -0.15) is 5.26 Å². The van der Waals surface area contributed by atoms with Crippen molar-refractivity contribution in [2.24, 2.45) is 16.6 Å². The first-order valence-corrected chi connectivity index (χ1v) is 12.3. The molecule has 2 amide bonds. The maximum Gasteiger partial charge on any atom is 0.326 e. The van der Waals surface area contributed by atoms with E-state index in [1.807, 2.05) is 0 Å². The molecule has 0 bridgehead atoms. The van der Waals surface area contributed by atoms with Crippen LogP contribution in [0.2, 0.25) is 10.0 Å². The van der Waals surface area contributed by atoms with Crippen LogP contribution in [0.15, 0.2) is 47.5 Å². The fourth-order valence-electron chi connectivity index (χ4n) is 4.14. The Labute approximate surface area is 223 Å². The SMILES string of the molecule is N#C/N=C(\N)N[C@H]1CC[C@@H](C(=O)Nc2ccc(C[C@H](NC(=O)c3c(Cl)cccc3Cl)C(=O)O)cc2)CC1. The molecule has 194 valence electrons. The number of rotatable bonds is 8. The van der Waals surface area contributed by atoms with E-state index in [1.54, 1.807) is 36.5 Å². The zero-order valence-electron chi connectivity index (χ0n) is 19.7. The van der Waals surface area contributed by atoms with Gasteiger partial charge in [-0.3, -0.25) is 9.59 Å². The summed E-state index contributed by atoms with van der Waals surface area (Å²) in [6.45, 7) is 0. The quantitative estimate of drug-likeness (QED) is 0.193. The average Bonchev–Trinajstić information content (AvgIpc) is 2.85. The second-order valence-corrected chi connectivity index (χ2v) is 9.46. The Morgan fingerprint density at radius 1 is 1.08 bits per heavy atom. The summed E-state index contributed by atoms with van der Waals surface area (Å²) in [6.07, 6.45) is 4.42. The fraction of sp³-hybridized carbons (Fsp3) is 0.320. The number of nitrogens with two attached hydrogens (primary N) is 1. The van der Waals surface area contributed by atoms with E-state index < -0.39 is 17.9 Å². The topological polar surface area (TPSA) is 170 Å². The van der Waals surface area contributed by atoms with Crippen molar-refractivity contribution in [2.45, 2.75) is 44.2 Å². The number of carbonyl (C=O) groups is 3. The predicted molar refractivity (Wildman–Crippen MR) is 140 cm³/mol. The van der Waals surface area contributed by atoms with Crippen molar-refractivity contribution in [1.82, 2.24) is 10.6 Å². The van der Waals surface area contributed by atoms with Gasteiger partial charge >= 0.3 is 5.97 Å². The minimum atomic E-state index is -1.21. The molecule has 37 heavy (non-hydrogen) atoms. The molecule has 0 spiro atoms. The van der Waals surface area contributed by atoms with E-state index in [1.165, 1.54) is 12.1 Å². The van der Waals surface area contributed by atoms with Crippen LogP contribution in [0.4, 0.5) is 5.69 Å². The predicted octanol–water partition coefficient (Wildman–Crippen LogP) is 3.30. The molecule has 0 aromatic heterocycles. The number of hydrogen-bond acceptors (Lipinski definition) is 5. The molecule has 0 saturated heterocycles. The summed E-state index contributed by atoms with van der Waals surface area (Å²) in [5.41, 5.74) is 6.85. The number of nitrogens with one attached hydrogen (secondary N) is 3. The first kappa shape index (κ1) is 27.8. The molecule has 3 rings (SSSR count). The summed E-state index contributed by atoms with van der Waals surface area (Å²) in [5.74, 6) is -2.07. The minimum absolute atomic E-state index is 0.0127. The maximum absolute atomic E-state index is 12.7. The third kappa shape index (κ3) is 7.84. The Morgan fingerprint density at radius 2 is 1.70 bits per heavy atom. The third-order valence-electron chi connectivity index (χ3n) is 6.07. The standard InChI is InChI=1S/C25H26Cl2N6O4/c26-18-2-1-3-19(27)21(18)23(35)33-20(24(36)37)12-14-4-8-16(9-5-14)31-22(34)15-6-10-17(11-7-15)32-25(29)30-13-28/h1-5,8-9,15,17,20H,6-7,10-12H2,(H,31,34)(H,33,35)(H,36,37)(H3,29,30,32)/t15-,17+,20-/m0/s1. The van der Waals surface area contributed by atoms with Gasteiger partial charge in [0.25, 0.3) is 5.91 Å². The smallest absolute Gasteiger partial charge is 0.326 e. The van der Waals surface area contributed by atoms with Gasteiger partial charge in [-0.05, 0) is 55.5 Å². The number of carbonyl (C=O) groups excluding carboxylic acids is 2. The average molecular weight is 545 g/mol. The van der Waals surface area contributed by atoms with Crippen LogP contribution >= 0.6 is 23.2 Å². The van der Waals surface area contributed by atoms with Gasteiger partial charge in [0.15, 0.2) is 0 Å². The van der Waals surface area contributed by atoms with Crippen LogP contribution in [0.25, 0.3) is 0 Å². The normalized spacial score (nSPS) is 18.2. The van der Waals surface area contributed by atoms with E-state index in [2.05, 4.69) is 20.9 Å². The molecule has 6 N–H and O–H groups in total. The first-order chi connectivity index (χ1) is 17.7. The zero-order chi connectivity index (χ0) is 26.9. The van der Waals surface area contributed by atoms with Crippen molar-refractivity contribution in [2.75, 3.05) is 5.32 Å². The van der Waals surface area contributed by atoms with Crippen LogP contribution in [-0.2, 0) is 16.0 Å². The number of anilines is 1. The Morgan fingerprint density at radius 3 is 2.27 bits per heavy atom. The number of nitriles is 1. The lowest BCUT2D eigenvalue weighted by molar-refractivity contribution is -0.139. The van der Waals surface area contributed by atoms with Crippen LogP contribution in [-0.4, -0.2) is 40.9 Å². The van der Waals surface area contributed by atoms with Crippen molar-refractivity contribution >= 4 is 52.6 Å². The maximum atomic E-state index is 12.7. The summed E-state index contributed by atoms with van der Waals surface area (Å²) >= 11 is 12.1. The summed E-state index contributed by atoms with van der Waals surface area (Å²) in [4.78, 5) is 40.5. The number of aliphatic carboxylic acids is 1. The highest BCUT2D eigenvalue weighted by Crippen LogP contribution is 2.26. The van der Waals surface area contributed by atoms with Gasteiger partial charge in [0.1, 0.15) is 6.04 Å². The molecule has 1 saturated carbocycles. The van der Waals surface area contributed by atoms with Crippen LogP contribution in [0, 0.1) is 17.4 Å². The number of guanidine groups is 1. The molecule has 0 heterocycles. The molecule has 2 aromatic carbocycles. The van der Waals surface area contributed by atoms with Crippen molar-refractivity contribution in [3.63, 3.8) is 0 Å². The number of benzene rings is 2. The Bertz CT molecular complexity index is 1200. The fourth-order valence-corrected chi connectivity index (χ4v) is 4.71. The molecule has 2 aromatic rings. The van der Waals surface area contributed by atoms with Gasteiger partial charge in [-0.15, -0.1) is 4.99 Å². The van der Waals surface area contributed by atoms with Crippen molar-refractivity contribution in [1.29, 1.82) is 5.26 Å². The number of amides is 2. The van der Waals surface area contributed by atoms with E-state index in [-0.39, 0.29) is 45.9 Å². The van der Waals surface area contributed by atoms with Gasteiger partial charge in [0.05, 0.1) is 15.6 Å². The Hall–Kier alpha value is -3.81. The molecule has 0 aliphatic heterocycles. The highest BCUT2D eigenvalue weighted by molar-refractivity contribution is 6.39. The molecule has 0 unspecified atom stereocenters. The van der Waals surface area contributed by atoms with E-state index in [9.17, 15) is 19.5 Å². The highest BCUT2D eigenvalue weighted by Gasteiger charge is 2.27. The minimum Gasteiger partial charge on any atom is -0.480 e. The zero-order valence-corrected chi connectivity index (χ0v) is 21.2. The van der Waals surface area contributed by atoms with Gasteiger partial charge < -0.3 is 26.8 Å². The van der Waals surface area contributed by atoms with E-state index in [4.69, 9.17) is 34.2 Å². The van der Waals surface area contributed by atoms with Gasteiger partial charge in [-0.25, -0.2) is 4.79 Å². The Kier molecular flexibility index (Phi) is 9.71. The molecule has 10 nitrogen and oxygen atoms in total. The van der Waals surface area contributed by atoms with Crippen LogP contribution in [0.3, 0.4) is 0 Å². The largest absolute Gasteiger partial charge is 0.480 e. The number of halogens is 2. The summed E-state index contributed by atoms with van der Waals surface area (Å²) < 4.78 is 0. The number of nitrogens with zero attached hydrogens (tertiary/aromatic N) is 2. The van der Waals surface area contributed by atoms with Crippen molar-refractivity contribution < 1.29 is 19.5 Å².